The van der Waals surface area contributed by atoms with E-state index in [9.17, 15) is 13.2 Å². The standard InChI is InChI=1S/C26H29N5O3S/c1-4-16-31-24-15-14-21(30(3)5-2)18-23(24)27-26(31)28-25(32)19-10-9-11-20(17-19)29-35(33,34)22-12-7-6-8-13-22/h6-15,17-18,29H,4-5,16H2,1-3H3,(H,27,28,32). The molecule has 0 saturated carbocycles. The Hall–Kier alpha value is -3.85. The highest BCUT2D eigenvalue weighted by molar-refractivity contribution is 7.92. The number of hydrogen-bond acceptors (Lipinski definition) is 5. The van der Waals surface area contributed by atoms with E-state index in [4.69, 9.17) is 0 Å². The van der Waals surface area contributed by atoms with E-state index in [2.05, 4.69) is 33.8 Å². The zero-order valence-corrected chi connectivity index (χ0v) is 20.8. The van der Waals surface area contributed by atoms with Crippen molar-refractivity contribution in [2.24, 2.45) is 0 Å². The number of sulfonamides is 1. The second kappa shape index (κ2) is 10.2. The Bertz CT molecular complexity index is 1450. The second-order valence-electron chi connectivity index (χ2n) is 8.23. The number of anilines is 3. The van der Waals surface area contributed by atoms with Gasteiger partial charge in [0.05, 0.1) is 15.9 Å². The van der Waals surface area contributed by atoms with E-state index in [0.29, 0.717) is 23.7 Å². The lowest BCUT2D eigenvalue weighted by molar-refractivity contribution is 0.102. The molecule has 8 nitrogen and oxygen atoms in total. The average molecular weight is 492 g/mol. The summed E-state index contributed by atoms with van der Waals surface area (Å²) in [5.74, 6) is 0.0859. The van der Waals surface area contributed by atoms with Crippen LogP contribution in [-0.2, 0) is 16.6 Å². The van der Waals surface area contributed by atoms with Gasteiger partial charge < -0.3 is 9.47 Å². The van der Waals surface area contributed by atoms with E-state index in [1.807, 2.05) is 29.8 Å². The number of carbonyl (C=O) groups is 1. The number of benzene rings is 3. The number of hydrogen-bond donors (Lipinski definition) is 2. The van der Waals surface area contributed by atoms with Crippen LogP contribution >= 0.6 is 0 Å². The summed E-state index contributed by atoms with van der Waals surface area (Å²) < 4.78 is 29.8. The molecule has 2 N–H and O–H groups in total. The van der Waals surface area contributed by atoms with Gasteiger partial charge in [-0.2, -0.15) is 0 Å². The number of carbonyl (C=O) groups excluding carboxylic acids is 1. The molecule has 0 spiro atoms. The molecule has 9 heteroatoms. The Kier molecular flexibility index (Phi) is 7.07. The van der Waals surface area contributed by atoms with Gasteiger partial charge in [-0.05, 0) is 61.9 Å². The van der Waals surface area contributed by atoms with Crippen molar-refractivity contribution < 1.29 is 13.2 Å². The van der Waals surface area contributed by atoms with Crippen LogP contribution in [0.25, 0.3) is 11.0 Å². The molecule has 4 rings (SSSR count). The Morgan fingerprint density at radius 2 is 1.77 bits per heavy atom. The van der Waals surface area contributed by atoms with Crippen LogP contribution in [0.1, 0.15) is 30.6 Å². The molecule has 0 saturated heterocycles. The molecular weight excluding hydrogens is 462 g/mol. The largest absolute Gasteiger partial charge is 0.375 e. The summed E-state index contributed by atoms with van der Waals surface area (Å²) in [6.45, 7) is 5.72. The fourth-order valence-electron chi connectivity index (χ4n) is 3.79. The Morgan fingerprint density at radius 3 is 2.49 bits per heavy atom. The Balaban J connectivity index is 1.60. The highest BCUT2D eigenvalue weighted by Gasteiger charge is 2.17. The van der Waals surface area contributed by atoms with E-state index in [-0.39, 0.29) is 10.8 Å². The number of rotatable bonds is 9. The fourth-order valence-corrected chi connectivity index (χ4v) is 4.87. The van der Waals surface area contributed by atoms with Crippen molar-refractivity contribution in [3.8, 4) is 0 Å². The van der Waals surface area contributed by atoms with E-state index >= 15 is 0 Å². The first-order valence-electron chi connectivity index (χ1n) is 11.5. The summed E-state index contributed by atoms with van der Waals surface area (Å²) in [5.41, 5.74) is 3.42. The topological polar surface area (TPSA) is 96.3 Å². The van der Waals surface area contributed by atoms with Gasteiger partial charge in [-0.15, -0.1) is 0 Å². The Morgan fingerprint density at radius 1 is 1.00 bits per heavy atom. The normalized spacial score (nSPS) is 11.4. The minimum Gasteiger partial charge on any atom is -0.375 e. The average Bonchev–Trinajstić information content (AvgIpc) is 3.20. The van der Waals surface area contributed by atoms with Gasteiger partial charge >= 0.3 is 0 Å². The lowest BCUT2D eigenvalue weighted by Gasteiger charge is -2.16. The zero-order valence-electron chi connectivity index (χ0n) is 20.0. The van der Waals surface area contributed by atoms with E-state index < -0.39 is 10.0 Å². The first-order valence-corrected chi connectivity index (χ1v) is 13.0. The van der Waals surface area contributed by atoms with Gasteiger partial charge in [-0.25, -0.2) is 13.4 Å². The molecule has 0 fully saturated rings. The van der Waals surface area contributed by atoms with Crippen LogP contribution in [0.2, 0.25) is 0 Å². The summed E-state index contributed by atoms with van der Waals surface area (Å²) in [4.78, 5) is 20.1. The van der Waals surface area contributed by atoms with Crippen LogP contribution in [0.4, 0.5) is 17.3 Å². The summed E-state index contributed by atoms with van der Waals surface area (Å²) >= 11 is 0. The number of imidazole rings is 1. The minimum atomic E-state index is -3.76. The molecule has 182 valence electrons. The molecule has 0 unspecified atom stereocenters. The predicted molar refractivity (Wildman–Crippen MR) is 141 cm³/mol. The molecule has 0 aliphatic heterocycles. The molecule has 0 atom stereocenters. The monoisotopic (exact) mass is 491 g/mol. The molecular formula is C26H29N5O3S. The van der Waals surface area contributed by atoms with Gasteiger partial charge in [0.2, 0.25) is 5.95 Å². The van der Waals surface area contributed by atoms with Crippen molar-refractivity contribution in [1.82, 2.24) is 9.55 Å². The summed E-state index contributed by atoms with van der Waals surface area (Å²) in [6, 6.07) is 20.6. The first kappa shape index (κ1) is 24.3. The molecule has 1 amide bonds. The number of nitrogens with one attached hydrogen (secondary N) is 2. The van der Waals surface area contributed by atoms with Gasteiger partial charge in [0, 0.05) is 37.1 Å². The number of amides is 1. The van der Waals surface area contributed by atoms with Gasteiger partial charge in [-0.3, -0.25) is 14.8 Å². The summed E-state index contributed by atoms with van der Waals surface area (Å²) in [6.07, 6.45) is 0.877. The fraction of sp³-hybridized carbons (Fsp3) is 0.231. The third kappa shape index (κ3) is 5.30. The van der Waals surface area contributed by atoms with E-state index in [1.165, 1.54) is 18.2 Å². The molecule has 0 aliphatic rings. The maximum Gasteiger partial charge on any atom is 0.261 e. The van der Waals surface area contributed by atoms with E-state index in [1.54, 1.807) is 36.4 Å². The molecule has 0 radical (unpaired) electrons. The molecule has 0 bridgehead atoms. The minimum absolute atomic E-state index is 0.149. The lowest BCUT2D eigenvalue weighted by atomic mass is 10.2. The molecule has 1 aromatic heterocycles. The van der Waals surface area contributed by atoms with Crippen LogP contribution in [0, 0.1) is 0 Å². The lowest BCUT2D eigenvalue weighted by Crippen LogP contribution is -2.17. The molecule has 35 heavy (non-hydrogen) atoms. The number of fused-ring (bicyclic) bond motifs is 1. The Labute approximate surface area is 205 Å². The maximum atomic E-state index is 13.1. The van der Waals surface area contributed by atoms with Crippen molar-refractivity contribution in [2.45, 2.75) is 31.7 Å². The van der Waals surface area contributed by atoms with Gasteiger partial charge in [0.1, 0.15) is 0 Å². The van der Waals surface area contributed by atoms with Crippen molar-refractivity contribution in [1.29, 1.82) is 0 Å². The van der Waals surface area contributed by atoms with Crippen LogP contribution in [0.3, 0.4) is 0 Å². The maximum absolute atomic E-state index is 13.1. The molecule has 0 aliphatic carbocycles. The van der Waals surface area contributed by atoms with Crippen LogP contribution in [-0.4, -0.2) is 37.5 Å². The zero-order chi connectivity index (χ0) is 25.0. The number of nitrogens with zero attached hydrogens (tertiary/aromatic N) is 3. The molecule has 4 aromatic rings. The SMILES string of the molecule is CCCn1c(NC(=O)c2cccc(NS(=O)(=O)c3ccccc3)c2)nc2cc(N(C)CC)ccc21. The first-order chi connectivity index (χ1) is 16.8. The van der Waals surface area contributed by atoms with Crippen molar-refractivity contribution in [3.05, 3.63) is 78.4 Å². The highest BCUT2D eigenvalue weighted by atomic mass is 32.2. The smallest absolute Gasteiger partial charge is 0.261 e. The van der Waals surface area contributed by atoms with Crippen molar-refractivity contribution in [3.63, 3.8) is 0 Å². The van der Waals surface area contributed by atoms with Crippen molar-refractivity contribution >= 4 is 44.3 Å². The highest BCUT2D eigenvalue weighted by Crippen LogP contribution is 2.26. The summed E-state index contributed by atoms with van der Waals surface area (Å²) in [7, 11) is -1.74. The van der Waals surface area contributed by atoms with Crippen molar-refractivity contribution in [2.75, 3.05) is 28.5 Å². The number of aromatic nitrogens is 2. The third-order valence-corrected chi connectivity index (χ3v) is 7.15. The van der Waals surface area contributed by atoms with Crippen LogP contribution < -0.4 is 14.9 Å². The number of aryl methyl sites for hydroxylation is 1. The molecule has 1 heterocycles. The van der Waals surface area contributed by atoms with Gasteiger partial charge in [0.15, 0.2) is 0 Å². The quantitative estimate of drug-likeness (QED) is 0.345. The van der Waals surface area contributed by atoms with Gasteiger partial charge in [-0.1, -0.05) is 31.2 Å². The third-order valence-electron chi connectivity index (χ3n) is 5.75. The van der Waals surface area contributed by atoms with Crippen LogP contribution in [0.5, 0.6) is 0 Å². The van der Waals surface area contributed by atoms with E-state index in [0.717, 1.165) is 29.7 Å². The van der Waals surface area contributed by atoms with Gasteiger partial charge in [0.25, 0.3) is 15.9 Å². The van der Waals surface area contributed by atoms with Crippen LogP contribution in [0.15, 0.2) is 77.7 Å². The second-order valence-corrected chi connectivity index (χ2v) is 9.91. The summed E-state index contributed by atoms with van der Waals surface area (Å²) in [5, 5.41) is 2.91. The molecule has 3 aromatic carbocycles. The predicted octanol–water partition coefficient (Wildman–Crippen LogP) is 4.96.